The lowest BCUT2D eigenvalue weighted by molar-refractivity contribution is -0.122. The number of carbonyl (C=O) groups is 1. The van der Waals surface area contributed by atoms with Gasteiger partial charge in [-0.15, -0.1) is 0 Å². The number of hydrogen-bond donors (Lipinski definition) is 2. The fourth-order valence-corrected chi connectivity index (χ4v) is 3.30. The Morgan fingerprint density at radius 1 is 1.38 bits per heavy atom. The Labute approximate surface area is 128 Å². The Morgan fingerprint density at radius 2 is 2.14 bits per heavy atom. The van der Waals surface area contributed by atoms with Crippen LogP contribution in [0.4, 0.5) is 0 Å². The molecule has 0 aliphatic carbocycles. The molecule has 2 heterocycles. The summed E-state index contributed by atoms with van der Waals surface area (Å²) >= 11 is 0. The fraction of sp³-hybridized carbons (Fsp3) is 0.938. The van der Waals surface area contributed by atoms with Crippen molar-refractivity contribution < 1.29 is 9.53 Å². The second-order valence-electron chi connectivity index (χ2n) is 6.80. The minimum Gasteiger partial charge on any atom is -0.379 e. The summed E-state index contributed by atoms with van der Waals surface area (Å²) < 4.78 is 5.43. The van der Waals surface area contributed by atoms with Crippen molar-refractivity contribution in [3.05, 3.63) is 0 Å². The van der Waals surface area contributed by atoms with Crippen molar-refractivity contribution in [1.29, 1.82) is 0 Å². The predicted octanol–water partition coefficient (Wildman–Crippen LogP) is 0.849. The standard InChI is InChI=1S/C16H31N3O2/c1-13(2)9-15(19-5-7-21-8-6-19)12-18-16(20)10-14-3-4-17-11-14/h13-15,17H,3-12H2,1-2H3,(H,18,20). The molecule has 122 valence electrons. The van der Waals surface area contributed by atoms with Gasteiger partial charge in [-0.05, 0) is 37.8 Å². The monoisotopic (exact) mass is 297 g/mol. The molecule has 2 aliphatic heterocycles. The van der Waals surface area contributed by atoms with Gasteiger partial charge in [0.2, 0.25) is 5.91 Å². The summed E-state index contributed by atoms with van der Waals surface area (Å²) in [7, 11) is 0. The first-order valence-corrected chi connectivity index (χ1v) is 8.44. The molecule has 2 rings (SSSR count). The fourth-order valence-electron chi connectivity index (χ4n) is 3.30. The molecule has 2 N–H and O–H groups in total. The number of carbonyl (C=O) groups excluding carboxylic acids is 1. The Balaban J connectivity index is 1.75. The minimum absolute atomic E-state index is 0.214. The molecule has 2 aliphatic rings. The summed E-state index contributed by atoms with van der Waals surface area (Å²) in [4.78, 5) is 14.6. The zero-order chi connectivity index (χ0) is 15.1. The van der Waals surface area contributed by atoms with Crippen LogP contribution in [0, 0.1) is 11.8 Å². The largest absolute Gasteiger partial charge is 0.379 e. The number of morpholine rings is 1. The van der Waals surface area contributed by atoms with Gasteiger partial charge in [0.15, 0.2) is 0 Å². The SMILES string of the molecule is CC(C)CC(CNC(=O)CC1CCNC1)N1CCOCC1. The summed E-state index contributed by atoms with van der Waals surface area (Å²) in [5.74, 6) is 1.39. The third-order valence-corrected chi connectivity index (χ3v) is 4.48. The van der Waals surface area contributed by atoms with Crippen LogP contribution in [0.3, 0.4) is 0 Å². The highest BCUT2D eigenvalue weighted by Crippen LogP contribution is 2.14. The van der Waals surface area contributed by atoms with Crippen LogP contribution in [0.2, 0.25) is 0 Å². The molecule has 1 amide bonds. The Morgan fingerprint density at radius 3 is 2.76 bits per heavy atom. The number of amides is 1. The topological polar surface area (TPSA) is 53.6 Å². The Bertz CT molecular complexity index is 311. The third-order valence-electron chi connectivity index (χ3n) is 4.48. The first-order valence-electron chi connectivity index (χ1n) is 8.44. The highest BCUT2D eigenvalue weighted by molar-refractivity contribution is 5.76. The van der Waals surface area contributed by atoms with Crippen LogP contribution in [0.25, 0.3) is 0 Å². The molecular weight excluding hydrogens is 266 g/mol. The summed E-state index contributed by atoms with van der Waals surface area (Å²) in [6.07, 6.45) is 2.93. The predicted molar refractivity (Wildman–Crippen MR) is 84.2 cm³/mol. The molecule has 2 fully saturated rings. The first-order chi connectivity index (χ1) is 10.1. The van der Waals surface area contributed by atoms with Gasteiger partial charge in [-0.3, -0.25) is 9.69 Å². The normalized spacial score (nSPS) is 25.2. The molecule has 0 bridgehead atoms. The summed E-state index contributed by atoms with van der Waals surface area (Å²) in [5, 5.41) is 6.48. The quantitative estimate of drug-likeness (QED) is 0.731. The smallest absolute Gasteiger partial charge is 0.220 e. The van der Waals surface area contributed by atoms with Gasteiger partial charge < -0.3 is 15.4 Å². The van der Waals surface area contributed by atoms with Gasteiger partial charge in [-0.2, -0.15) is 0 Å². The maximum atomic E-state index is 12.1. The molecule has 0 spiro atoms. The number of ether oxygens (including phenoxy) is 1. The molecule has 0 aromatic heterocycles. The molecule has 2 saturated heterocycles. The molecule has 0 saturated carbocycles. The van der Waals surface area contributed by atoms with Crippen molar-refractivity contribution in [2.45, 2.75) is 39.2 Å². The highest BCUT2D eigenvalue weighted by Gasteiger charge is 2.23. The molecule has 5 heteroatoms. The van der Waals surface area contributed by atoms with Gasteiger partial charge in [-0.25, -0.2) is 0 Å². The maximum absolute atomic E-state index is 12.1. The Kier molecular flexibility index (Phi) is 6.93. The van der Waals surface area contributed by atoms with E-state index >= 15 is 0 Å². The lowest BCUT2D eigenvalue weighted by Crippen LogP contribution is -2.49. The first kappa shape index (κ1) is 16.7. The van der Waals surface area contributed by atoms with Crippen LogP contribution in [0.5, 0.6) is 0 Å². The molecule has 2 unspecified atom stereocenters. The van der Waals surface area contributed by atoms with E-state index in [0.29, 0.717) is 24.3 Å². The van der Waals surface area contributed by atoms with Gasteiger partial charge in [-0.1, -0.05) is 13.8 Å². The van der Waals surface area contributed by atoms with Crippen LogP contribution in [0.15, 0.2) is 0 Å². The van der Waals surface area contributed by atoms with Crippen LogP contribution < -0.4 is 10.6 Å². The summed E-state index contributed by atoms with van der Waals surface area (Å²) in [6, 6.07) is 0.444. The van der Waals surface area contributed by atoms with Crippen molar-refractivity contribution in [3.8, 4) is 0 Å². The van der Waals surface area contributed by atoms with Crippen LogP contribution in [-0.2, 0) is 9.53 Å². The molecule has 21 heavy (non-hydrogen) atoms. The average Bonchev–Trinajstić information content (AvgIpc) is 2.97. The minimum atomic E-state index is 0.214. The van der Waals surface area contributed by atoms with Crippen molar-refractivity contribution in [2.24, 2.45) is 11.8 Å². The second kappa shape index (κ2) is 8.71. The molecule has 2 atom stereocenters. The van der Waals surface area contributed by atoms with E-state index in [1.807, 2.05) is 0 Å². The average molecular weight is 297 g/mol. The number of rotatable bonds is 7. The Hall–Kier alpha value is -0.650. The molecule has 0 radical (unpaired) electrons. The zero-order valence-corrected chi connectivity index (χ0v) is 13.6. The van der Waals surface area contributed by atoms with Crippen LogP contribution in [0.1, 0.15) is 33.1 Å². The number of hydrogen-bond acceptors (Lipinski definition) is 4. The van der Waals surface area contributed by atoms with Gasteiger partial charge >= 0.3 is 0 Å². The van der Waals surface area contributed by atoms with Crippen LogP contribution >= 0.6 is 0 Å². The van der Waals surface area contributed by atoms with Gasteiger partial charge in [0.25, 0.3) is 0 Å². The van der Waals surface area contributed by atoms with E-state index in [-0.39, 0.29) is 5.91 Å². The van der Waals surface area contributed by atoms with Crippen molar-refractivity contribution in [2.75, 3.05) is 45.9 Å². The van der Waals surface area contributed by atoms with E-state index in [1.165, 1.54) is 0 Å². The lowest BCUT2D eigenvalue weighted by Gasteiger charge is -2.35. The third kappa shape index (κ3) is 5.93. The van der Waals surface area contributed by atoms with Crippen molar-refractivity contribution in [3.63, 3.8) is 0 Å². The second-order valence-corrected chi connectivity index (χ2v) is 6.80. The van der Waals surface area contributed by atoms with Crippen molar-refractivity contribution >= 4 is 5.91 Å². The highest BCUT2D eigenvalue weighted by atomic mass is 16.5. The maximum Gasteiger partial charge on any atom is 0.220 e. The number of nitrogens with zero attached hydrogens (tertiary/aromatic N) is 1. The number of nitrogens with one attached hydrogen (secondary N) is 2. The van der Waals surface area contributed by atoms with E-state index in [9.17, 15) is 4.79 Å². The molecule has 0 aromatic rings. The lowest BCUT2D eigenvalue weighted by atomic mass is 10.0. The summed E-state index contributed by atoms with van der Waals surface area (Å²) in [6.45, 7) is 10.9. The van der Waals surface area contributed by atoms with Gasteiger partial charge in [0, 0.05) is 32.1 Å². The van der Waals surface area contributed by atoms with E-state index < -0.39 is 0 Å². The van der Waals surface area contributed by atoms with E-state index in [0.717, 1.165) is 58.8 Å². The van der Waals surface area contributed by atoms with E-state index in [2.05, 4.69) is 29.4 Å². The van der Waals surface area contributed by atoms with E-state index in [1.54, 1.807) is 0 Å². The van der Waals surface area contributed by atoms with E-state index in [4.69, 9.17) is 4.74 Å². The molecule has 5 nitrogen and oxygen atoms in total. The van der Waals surface area contributed by atoms with Crippen molar-refractivity contribution in [1.82, 2.24) is 15.5 Å². The van der Waals surface area contributed by atoms with Gasteiger partial charge in [0.05, 0.1) is 13.2 Å². The molecule has 0 aromatic carbocycles. The van der Waals surface area contributed by atoms with Gasteiger partial charge in [0.1, 0.15) is 0 Å². The zero-order valence-electron chi connectivity index (χ0n) is 13.6. The summed E-state index contributed by atoms with van der Waals surface area (Å²) in [5.41, 5.74) is 0. The van der Waals surface area contributed by atoms with Crippen LogP contribution in [-0.4, -0.2) is 62.8 Å². The molecular formula is C16H31N3O2.